The van der Waals surface area contributed by atoms with Crippen LogP contribution in [-0.4, -0.2) is 135 Å². The van der Waals surface area contributed by atoms with Crippen molar-refractivity contribution in [2.45, 2.75) is 24.8 Å². The molecule has 0 aliphatic carbocycles. The number of ether oxygens (including phenoxy) is 1. The maximum absolute atomic E-state index is 14.1. The average molecular weight is 703 g/mol. The third kappa shape index (κ3) is 7.10. The van der Waals surface area contributed by atoms with Gasteiger partial charge in [0.1, 0.15) is 29.5 Å². The van der Waals surface area contributed by atoms with Gasteiger partial charge in [-0.1, -0.05) is 18.2 Å². The first-order chi connectivity index (χ1) is 23.2. The number of benzene rings is 1. The highest BCUT2D eigenvalue weighted by atomic mass is 31.2. The van der Waals surface area contributed by atoms with Crippen molar-refractivity contribution in [3.8, 4) is 11.6 Å². The number of piperazine rings is 1. The Balaban J connectivity index is 1.62. The molecule has 0 spiro atoms. The van der Waals surface area contributed by atoms with Crippen molar-refractivity contribution in [1.82, 2.24) is 34.1 Å². The van der Waals surface area contributed by atoms with Crippen molar-refractivity contribution in [1.29, 1.82) is 0 Å². The number of hydrogen-bond acceptors (Lipinski definition) is 13. The Morgan fingerprint density at radius 2 is 1.67 bits per heavy atom. The Hall–Kier alpha value is -4.59. The van der Waals surface area contributed by atoms with Gasteiger partial charge in [-0.05, 0) is 19.1 Å². The molecule has 2 unspecified atom stereocenters. The van der Waals surface area contributed by atoms with Crippen molar-refractivity contribution in [3.63, 3.8) is 0 Å². The number of phosphoric ester groups is 1. The summed E-state index contributed by atoms with van der Waals surface area (Å²) in [6, 6.07) is 8.59. The highest BCUT2D eigenvalue weighted by Gasteiger charge is 2.44. The molecule has 262 valence electrons. The molecule has 1 saturated heterocycles. The first kappa shape index (κ1) is 35.7. The van der Waals surface area contributed by atoms with E-state index in [4.69, 9.17) is 15.0 Å². The minimum absolute atomic E-state index is 0.0231. The minimum Gasteiger partial charge on any atom is -0.494 e. The molecule has 2 amide bonds. The van der Waals surface area contributed by atoms with Gasteiger partial charge in [0.25, 0.3) is 17.6 Å². The van der Waals surface area contributed by atoms with Crippen LogP contribution in [0, 0.1) is 6.92 Å². The maximum Gasteiger partial charge on any atom is 0.471 e. The Morgan fingerprint density at radius 1 is 1.04 bits per heavy atom. The van der Waals surface area contributed by atoms with Gasteiger partial charge in [-0.2, -0.15) is 5.10 Å². The van der Waals surface area contributed by atoms with Gasteiger partial charge in [0.05, 0.1) is 43.0 Å². The summed E-state index contributed by atoms with van der Waals surface area (Å²) in [6.07, 6.45) is -0.965. The fourth-order valence-electron chi connectivity index (χ4n) is 5.45. The Bertz CT molecular complexity index is 1900. The number of carbonyl (C=O) groups is 3. The van der Waals surface area contributed by atoms with E-state index in [2.05, 4.69) is 15.1 Å². The van der Waals surface area contributed by atoms with Crippen molar-refractivity contribution in [2.75, 3.05) is 46.5 Å². The number of pyridine rings is 1. The van der Waals surface area contributed by atoms with Crippen molar-refractivity contribution >= 4 is 36.3 Å². The summed E-state index contributed by atoms with van der Waals surface area (Å²) in [5.41, 5.74) is 3.68. The van der Waals surface area contributed by atoms with E-state index in [-0.39, 0.29) is 60.1 Å². The molecule has 1 aliphatic heterocycles. The summed E-state index contributed by atoms with van der Waals surface area (Å²) in [7, 11) is -4.22. The molecule has 2 atom stereocenters. The summed E-state index contributed by atoms with van der Waals surface area (Å²) in [4.78, 5) is 71.6. The zero-order chi connectivity index (χ0) is 35.7. The third-order valence-corrected chi connectivity index (χ3v) is 8.61. The predicted octanol–water partition coefficient (Wildman–Crippen LogP) is -1.25. The van der Waals surface area contributed by atoms with E-state index in [1.54, 1.807) is 42.2 Å². The number of aliphatic hydroxyl groups is 3. The second-order valence-electron chi connectivity index (χ2n) is 11.3. The van der Waals surface area contributed by atoms with E-state index in [1.807, 2.05) is 0 Å². The normalized spacial score (nSPS) is 15.3. The zero-order valence-corrected chi connectivity index (χ0v) is 27.3. The fourth-order valence-corrected chi connectivity index (χ4v) is 5.95. The molecule has 19 nitrogen and oxygen atoms in total. The van der Waals surface area contributed by atoms with Gasteiger partial charge in [-0.3, -0.25) is 18.9 Å². The molecule has 49 heavy (non-hydrogen) atoms. The van der Waals surface area contributed by atoms with Gasteiger partial charge >= 0.3 is 7.82 Å². The molecular weight excluding hydrogens is 667 g/mol. The molecule has 1 aliphatic rings. The summed E-state index contributed by atoms with van der Waals surface area (Å²) >= 11 is 0. The number of aromatic nitrogens is 5. The van der Waals surface area contributed by atoms with E-state index in [0.29, 0.717) is 11.4 Å². The highest BCUT2D eigenvalue weighted by Crippen LogP contribution is 2.45. The molecule has 3 aromatic heterocycles. The van der Waals surface area contributed by atoms with Gasteiger partial charge < -0.3 is 49.9 Å². The van der Waals surface area contributed by atoms with Crippen LogP contribution in [0.1, 0.15) is 32.8 Å². The summed E-state index contributed by atoms with van der Waals surface area (Å²) < 4.78 is 24.7. The van der Waals surface area contributed by atoms with Crippen LogP contribution in [0.25, 0.3) is 16.7 Å². The molecule has 1 aromatic carbocycles. The highest BCUT2D eigenvalue weighted by molar-refractivity contribution is 7.46. The quantitative estimate of drug-likeness (QED) is 0.0572. The largest absolute Gasteiger partial charge is 0.494 e. The third-order valence-electron chi connectivity index (χ3n) is 8.12. The van der Waals surface area contributed by atoms with Crippen LogP contribution in [0.4, 0.5) is 0 Å². The van der Waals surface area contributed by atoms with Crippen LogP contribution in [0.2, 0.25) is 0 Å². The monoisotopic (exact) mass is 702 g/mol. The number of nitrogens with two attached hydrogens (primary N) is 1. The number of rotatable bonds is 12. The SMILES string of the molecule is COc1cnc(-n2cnc(C)n2)c2c1c(C(=O)C(=O)N1CCN(C(=O)c3ccccc3)CC1)cn2C(OP(=O)(O)O)C(O)C(N)(CO)CO. The molecule has 1 fully saturated rings. The number of phosphoric acid groups is 1. The van der Waals surface area contributed by atoms with Crippen LogP contribution >= 0.6 is 7.82 Å². The van der Waals surface area contributed by atoms with E-state index in [1.165, 1.54) is 29.2 Å². The van der Waals surface area contributed by atoms with E-state index < -0.39 is 50.6 Å². The zero-order valence-electron chi connectivity index (χ0n) is 26.4. The van der Waals surface area contributed by atoms with Crippen LogP contribution < -0.4 is 10.5 Å². The molecule has 0 saturated carbocycles. The van der Waals surface area contributed by atoms with Crippen LogP contribution in [-0.2, 0) is 13.9 Å². The maximum atomic E-state index is 14.1. The minimum atomic E-state index is -5.48. The van der Waals surface area contributed by atoms with Crippen LogP contribution in [0.5, 0.6) is 5.75 Å². The van der Waals surface area contributed by atoms with E-state index in [9.17, 15) is 44.1 Å². The summed E-state index contributed by atoms with van der Waals surface area (Å²) in [5, 5.41) is 35.3. The summed E-state index contributed by atoms with van der Waals surface area (Å²) in [5.74, 6) is -2.13. The second kappa shape index (κ2) is 14.1. The van der Waals surface area contributed by atoms with Gasteiger partial charge in [0.2, 0.25) is 0 Å². The molecule has 20 heteroatoms. The lowest BCUT2D eigenvalue weighted by Crippen LogP contribution is -2.60. The smallest absolute Gasteiger partial charge is 0.471 e. The number of carbonyl (C=O) groups excluding carboxylic acids is 3. The standard InChI is InChI=1S/C29H35N8O11P/c1-17-32-16-37(33-17)25-22-21(20(47-2)12-31-25)19(13-36(22)28(48-49(44,45)46)24(41)29(30,14-38)15-39)23(40)27(43)35-10-8-34(9-11-35)26(42)18-6-4-3-5-7-18/h3-7,12-13,16,24,28,38-39,41H,8-11,14-15,30H2,1-2H3,(H2,44,45,46). The van der Waals surface area contributed by atoms with Crippen LogP contribution in [0.3, 0.4) is 0 Å². The number of amides is 2. The van der Waals surface area contributed by atoms with Gasteiger partial charge in [-0.25, -0.2) is 19.2 Å². The number of aliphatic hydroxyl groups excluding tert-OH is 3. The van der Waals surface area contributed by atoms with Crippen LogP contribution in [0.15, 0.2) is 49.1 Å². The summed E-state index contributed by atoms with van der Waals surface area (Å²) in [6.45, 7) is -0.225. The van der Waals surface area contributed by atoms with Gasteiger partial charge in [0.15, 0.2) is 12.0 Å². The number of hydrogen-bond donors (Lipinski definition) is 6. The molecule has 5 rings (SSSR count). The molecule has 4 heterocycles. The average Bonchev–Trinajstić information content (AvgIpc) is 3.73. The number of aryl methyl sites for hydroxylation is 1. The molecular formula is C29H35N8O11P. The fraction of sp³-hybridized carbons (Fsp3) is 0.379. The molecule has 0 bridgehead atoms. The topological polar surface area (TPSA) is 269 Å². The number of ketones is 1. The van der Waals surface area contributed by atoms with Crippen molar-refractivity contribution < 1.29 is 53.3 Å². The Labute approximate surface area is 278 Å². The number of Topliss-reactive ketones (excluding diaryl/α,β-unsaturated/α-hetero) is 1. The van der Waals surface area contributed by atoms with Crippen molar-refractivity contribution in [2.24, 2.45) is 5.73 Å². The number of fused-ring (bicyclic) bond motifs is 1. The molecule has 0 radical (unpaired) electrons. The first-order valence-corrected chi connectivity index (χ1v) is 16.3. The second-order valence-corrected chi connectivity index (χ2v) is 12.5. The lowest BCUT2D eigenvalue weighted by atomic mass is 9.94. The van der Waals surface area contributed by atoms with E-state index in [0.717, 1.165) is 10.8 Å². The molecule has 7 N–H and O–H groups in total. The predicted molar refractivity (Wildman–Crippen MR) is 168 cm³/mol. The lowest BCUT2D eigenvalue weighted by Gasteiger charge is -2.36. The number of methoxy groups -OCH3 is 1. The van der Waals surface area contributed by atoms with Gasteiger partial charge in [-0.15, -0.1) is 0 Å². The first-order valence-electron chi connectivity index (χ1n) is 14.8. The van der Waals surface area contributed by atoms with Gasteiger partial charge in [0, 0.05) is 37.9 Å². The molecule has 4 aromatic rings. The Kier molecular flexibility index (Phi) is 10.3. The lowest BCUT2D eigenvalue weighted by molar-refractivity contribution is -0.127. The Morgan fingerprint density at radius 3 is 2.22 bits per heavy atom. The van der Waals surface area contributed by atoms with E-state index >= 15 is 0 Å². The van der Waals surface area contributed by atoms with Crippen molar-refractivity contribution in [3.05, 3.63) is 66.0 Å². The number of nitrogens with zero attached hydrogens (tertiary/aromatic N) is 7.